The minimum atomic E-state index is -0.138. The Kier molecular flexibility index (Phi) is 8.00. The van der Waals surface area contributed by atoms with E-state index in [1.165, 1.54) is 33.8 Å². The van der Waals surface area contributed by atoms with E-state index in [9.17, 15) is 4.79 Å². The zero-order chi connectivity index (χ0) is 29.4. The number of hydrogen-bond donors (Lipinski definition) is 2. The second-order valence-electron chi connectivity index (χ2n) is 11.2. The molecule has 2 atom stereocenters. The molecule has 1 amide bonds. The largest absolute Gasteiger partial charge is 0.351 e. The van der Waals surface area contributed by atoms with Gasteiger partial charge >= 0.3 is 0 Å². The topological polar surface area (TPSA) is 62.2 Å². The predicted molar refractivity (Wildman–Crippen MR) is 172 cm³/mol. The first-order valence-corrected chi connectivity index (χ1v) is 14.7. The second-order valence-corrected chi connectivity index (χ2v) is 11.6. The van der Waals surface area contributed by atoms with Crippen LogP contribution in [0, 0.1) is 33.6 Å². The number of pyridine rings is 1. The maximum atomic E-state index is 12.4. The van der Waals surface area contributed by atoms with E-state index < -0.39 is 0 Å². The third kappa shape index (κ3) is 5.26. The minimum Gasteiger partial charge on any atom is -0.351 e. The summed E-state index contributed by atoms with van der Waals surface area (Å²) in [5.41, 5.74) is 11.1. The van der Waals surface area contributed by atoms with Crippen molar-refractivity contribution in [2.24, 2.45) is 5.92 Å². The summed E-state index contributed by atoms with van der Waals surface area (Å²) < 4.78 is 2.40. The molecule has 0 spiro atoms. The predicted octanol–water partition coefficient (Wildman–Crippen LogP) is 7.44. The SMILES string of the molecule is CCc1cccc(C)c1-n1c(C)cc(C2C(c3ccccn3)NC(=S)N2c2ccc(NC(=O)C(C)C)c(C)c2)c1C. The number of para-hydroxylation sites is 1. The van der Waals surface area contributed by atoms with E-state index in [2.05, 4.69) is 84.2 Å². The molecule has 4 aromatic rings. The number of nitrogens with one attached hydrogen (secondary N) is 2. The first kappa shape index (κ1) is 28.6. The fourth-order valence-electron chi connectivity index (χ4n) is 5.92. The fourth-order valence-corrected chi connectivity index (χ4v) is 6.27. The molecule has 1 aliphatic rings. The van der Waals surface area contributed by atoms with E-state index in [0.29, 0.717) is 5.11 Å². The van der Waals surface area contributed by atoms with Gasteiger partial charge in [-0.2, -0.15) is 0 Å². The molecule has 1 saturated heterocycles. The summed E-state index contributed by atoms with van der Waals surface area (Å²) >= 11 is 6.00. The van der Waals surface area contributed by atoms with Gasteiger partial charge < -0.3 is 20.1 Å². The van der Waals surface area contributed by atoms with Gasteiger partial charge in [0, 0.05) is 34.9 Å². The average Bonchev–Trinajstić information content (AvgIpc) is 3.44. The monoisotopic (exact) mass is 565 g/mol. The van der Waals surface area contributed by atoms with Crippen molar-refractivity contribution in [1.82, 2.24) is 14.9 Å². The molecule has 7 heteroatoms. The number of aromatic nitrogens is 2. The summed E-state index contributed by atoms with van der Waals surface area (Å²) in [7, 11) is 0. The maximum Gasteiger partial charge on any atom is 0.226 e. The number of hydrogen-bond acceptors (Lipinski definition) is 3. The Hall–Kier alpha value is -3.97. The number of aryl methyl sites for hydroxylation is 4. The Bertz CT molecular complexity index is 1610. The standard InChI is InChI=1S/C34H39N5OS/c1-8-25-13-11-12-21(4)31(25)38-23(6)19-27(24(38)7)32-30(29-14-9-10-17-35-29)37-34(41)39(32)26-15-16-28(22(5)18-26)36-33(40)20(2)3/h9-20,30,32H,8H2,1-7H3,(H,36,40)(H,37,41). The lowest BCUT2D eigenvalue weighted by molar-refractivity contribution is -0.118. The van der Waals surface area contributed by atoms with Crippen LogP contribution in [0.1, 0.15) is 72.2 Å². The number of rotatable bonds is 7. The van der Waals surface area contributed by atoms with Crippen LogP contribution >= 0.6 is 12.2 Å². The molecule has 0 aliphatic carbocycles. The number of anilines is 2. The van der Waals surface area contributed by atoms with Gasteiger partial charge in [0.25, 0.3) is 0 Å². The van der Waals surface area contributed by atoms with Gasteiger partial charge in [0.05, 0.1) is 23.5 Å². The molecular weight excluding hydrogens is 526 g/mol. The molecule has 0 radical (unpaired) electrons. The first-order chi connectivity index (χ1) is 19.6. The second kappa shape index (κ2) is 11.5. The highest BCUT2D eigenvalue weighted by Gasteiger charge is 2.42. The fraction of sp³-hybridized carbons (Fsp3) is 0.324. The molecule has 2 N–H and O–H groups in total. The zero-order valence-electron chi connectivity index (χ0n) is 24.9. The van der Waals surface area contributed by atoms with Crippen LogP contribution in [0.2, 0.25) is 0 Å². The molecular formula is C34H39N5OS. The van der Waals surface area contributed by atoms with Crippen LogP contribution in [-0.2, 0) is 11.2 Å². The zero-order valence-corrected chi connectivity index (χ0v) is 25.8. The molecule has 212 valence electrons. The van der Waals surface area contributed by atoms with E-state index in [0.717, 1.165) is 29.1 Å². The smallest absolute Gasteiger partial charge is 0.226 e. The van der Waals surface area contributed by atoms with Crippen molar-refractivity contribution in [3.8, 4) is 5.69 Å². The van der Waals surface area contributed by atoms with Gasteiger partial charge in [-0.3, -0.25) is 9.78 Å². The van der Waals surface area contributed by atoms with E-state index in [-0.39, 0.29) is 23.9 Å². The summed E-state index contributed by atoms with van der Waals surface area (Å²) in [5.74, 6) is -0.0907. The Morgan fingerprint density at radius 3 is 2.46 bits per heavy atom. The van der Waals surface area contributed by atoms with Gasteiger partial charge in [0.15, 0.2) is 5.11 Å². The van der Waals surface area contributed by atoms with E-state index >= 15 is 0 Å². The van der Waals surface area contributed by atoms with Gasteiger partial charge in [-0.25, -0.2) is 0 Å². The molecule has 2 aromatic heterocycles. The highest BCUT2D eigenvalue weighted by Crippen LogP contribution is 2.44. The average molecular weight is 566 g/mol. The molecule has 5 rings (SSSR count). The third-order valence-electron chi connectivity index (χ3n) is 8.08. The molecule has 3 heterocycles. The van der Waals surface area contributed by atoms with E-state index in [1.54, 1.807) is 0 Å². The van der Waals surface area contributed by atoms with Gasteiger partial charge in [0.1, 0.15) is 0 Å². The van der Waals surface area contributed by atoms with Crippen LogP contribution in [0.15, 0.2) is 66.9 Å². The summed E-state index contributed by atoms with van der Waals surface area (Å²) in [6.45, 7) is 14.6. The van der Waals surface area contributed by atoms with E-state index in [1.807, 2.05) is 51.2 Å². The molecule has 1 fully saturated rings. The molecule has 0 bridgehead atoms. The first-order valence-electron chi connectivity index (χ1n) is 14.3. The Labute approximate surface area is 248 Å². The van der Waals surface area contributed by atoms with Crippen molar-refractivity contribution in [3.63, 3.8) is 0 Å². The van der Waals surface area contributed by atoms with Crippen LogP contribution in [0.3, 0.4) is 0 Å². The maximum absolute atomic E-state index is 12.4. The van der Waals surface area contributed by atoms with Crippen molar-refractivity contribution < 1.29 is 4.79 Å². The lowest BCUT2D eigenvalue weighted by Crippen LogP contribution is -2.29. The van der Waals surface area contributed by atoms with Crippen LogP contribution < -0.4 is 15.5 Å². The van der Waals surface area contributed by atoms with Crippen LogP contribution in [0.5, 0.6) is 0 Å². The molecule has 2 unspecified atom stereocenters. The van der Waals surface area contributed by atoms with Gasteiger partial charge in [-0.15, -0.1) is 0 Å². The number of nitrogens with zero attached hydrogens (tertiary/aromatic N) is 3. The van der Waals surface area contributed by atoms with E-state index in [4.69, 9.17) is 17.2 Å². The lowest BCUT2D eigenvalue weighted by Gasteiger charge is -2.29. The molecule has 41 heavy (non-hydrogen) atoms. The Morgan fingerprint density at radius 2 is 1.80 bits per heavy atom. The quantitative estimate of drug-likeness (QED) is 0.228. The number of carbonyl (C=O) groups excluding carboxylic acids is 1. The number of carbonyl (C=O) groups is 1. The molecule has 2 aromatic carbocycles. The minimum absolute atomic E-state index is 0.00222. The Morgan fingerprint density at radius 1 is 1.02 bits per heavy atom. The van der Waals surface area contributed by atoms with Crippen molar-refractivity contribution in [1.29, 1.82) is 0 Å². The number of thiocarbonyl (C=S) groups is 1. The number of amides is 1. The van der Waals surface area contributed by atoms with Crippen molar-refractivity contribution >= 4 is 34.6 Å². The van der Waals surface area contributed by atoms with Crippen LogP contribution in [-0.4, -0.2) is 20.6 Å². The highest BCUT2D eigenvalue weighted by molar-refractivity contribution is 7.80. The summed E-state index contributed by atoms with van der Waals surface area (Å²) in [6.07, 6.45) is 2.79. The van der Waals surface area contributed by atoms with Gasteiger partial charge in [0.2, 0.25) is 5.91 Å². The van der Waals surface area contributed by atoms with Gasteiger partial charge in [-0.1, -0.05) is 45.0 Å². The molecule has 0 saturated carbocycles. The summed E-state index contributed by atoms with van der Waals surface area (Å²) in [6, 6.07) is 20.7. The molecule has 6 nitrogen and oxygen atoms in total. The van der Waals surface area contributed by atoms with Crippen LogP contribution in [0.25, 0.3) is 5.69 Å². The van der Waals surface area contributed by atoms with Gasteiger partial charge in [-0.05, 0) is 105 Å². The van der Waals surface area contributed by atoms with Crippen molar-refractivity contribution in [3.05, 3.63) is 106 Å². The summed E-state index contributed by atoms with van der Waals surface area (Å²) in [5, 5.41) is 7.30. The third-order valence-corrected chi connectivity index (χ3v) is 8.40. The normalized spacial score (nSPS) is 16.8. The summed E-state index contributed by atoms with van der Waals surface area (Å²) in [4.78, 5) is 19.3. The van der Waals surface area contributed by atoms with Crippen molar-refractivity contribution in [2.45, 2.75) is 67.0 Å². The Balaban J connectivity index is 1.65. The molecule has 1 aliphatic heterocycles. The highest BCUT2D eigenvalue weighted by atomic mass is 32.1. The number of benzene rings is 2. The van der Waals surface area contributed by atoms with Crippen LogP contribution in [0.4, 0.5) is 11.4 Å². The van der Waals surface area contributed by atoms with Crippen molar-refractivity contribution in [2.75, 3.05) is 10.2 Å². The lowest BCUT2D eigenvalue weighted by atomic mass is 9.96.